The lowest BCUT2D eigenvalue weighted by Gasteiger charge is -2.04. The predicted octanol–water partition coefficient (Wildman–Crippen LogP) is 3.78. The average molecular weight is 323 g/mol. The second-order valence-electron chi connectivity index (χ2n) is 4.67. The van der Waals surface area contributed by atoms with Crippen molar-refractivity contribution in [1.29, 1.82) is 0 Å². The lowest BCUT2D eigenvalue weighted by atomic mass is 10.1. The normalized spacial score (nSPS) is 11.3. The van der Waals surface area contributed by atoms with Gasteiger partial charge in [-0.3, -0.25) is 4.79 Å². The van der Waals surface area contributed by atoms with E-state index in [0.29, 0.717) is 17.0 Å². The summed E-state index contributed by atoms with van der Waals surface area (Å²) >= 11 is 5.74. The SMILES string of the molecule is O=C(CCCS(=O)(=O)c1ccc(Cl)cc1)c1ccccc1. The Labute approximate surface area is 129 Å². The van der Waals surface area contributed by atoms with Crippen LogP contribution < -0.4 is 0 Å². The highest BCUT2D eigenvalue weighted by Crippen LogP contribution is 2.17. The number of sulfone groups is 1. The van der Waals surface area contributed by atoms with E-state index >= 15 is 0 Å². The van der Waals surface area contributed by atoms with Crippen LogP contribution in [0, 0.1) is 0 Å². The zero-order chi connectivity index (χ0) is 15.3. The van der Waals surface area contributed by atoms with E-state index in [9.17, 15) is 13.2 Å². The number of carbonyl (C=O) groups excluding carboxylic acids is 1. The Balaban J connectivity index is 1.94. The number of halogens is 1. The van der Waals surface area contributed by atoms with Gasteiger partial charge >= 0.3 is 0 Å². The van der Waals surface area contributed by atoms with Crippen LogP contribution in [0.1, 0.15) is 23.2 Å². The zero-order valence-corrected chi connectivity index (χ0v) is 12.9. The smallest absolute Gasteiger partial charge is 0.178 e. The molecular weight excluding hydrogens is 308 g/mol. The lowest BCUT2D eigenvalue weighted by Crippen LogP contribution is -2.09. The summed E-state index contributed by atoms with van der Waals surface area (Å²) in [5.41, 5.74) is 0.612. The van der Waals surface area contributed by atoms with E-state index in [-0.39, 0.29) is 22.9 Å². The summed E-state index contributed by atoms with van der Waals surface area (Å²) in [5, 5.41) is 0.494. The maximum absolute atomic E-state index is 12.1. The molecule has 0 atom stereocenters. The van der Waals surface area contributed by atoms with Gasteiger partial charge in [0.1, 0.15) is 0 Å². The van der Waals surface area contributed by atoms with E-state index < -0.39 is 9.84 Å². The number of carbonyl (C=O) groups is 1. The zero-order valence-electron chi connectivity index (χ0n) is 11.3. The van der Waals surface area contributed by atoms with Crippen molar-refractivity contribution >= 4 is 27.2 Å². The molecule has 0 aliphatic heterocycles. The fourth-order valence-corrected chi connectivity index (χ4v) is 3.39. The molecule has 2 aromatic rings. The Morgan fingerprint density at radius 2 is 1.57 bits per heavy atom. The van der Waals surface area contributed by atoms with Crippen molar-refractivity contribution in [2.24, 2.45) is 0 Å². The molecule has 0 amide bonds. The van der Waals surface area contributed by atoms with Gasteiger partial charge in [-0.2, -0.15) is 0 Å². The minimum Gasteiger partial charge on any atom is -0.294 e. The minimum atomic E-state index is -3.37. The molecule has 2 rings (SSSR count). The molecule has 110 valence electrons. The van der Waals surface area contributed by atoms with Crippen molar-refractivity contribution in [3.05, 3.63) is 65.2 Å². The van der Waals surface area contributed by atoms with Crippen LogP contribution in [0.5, 0.6) is 0 Å². The minimum absolute atomic E-state index is 0.0399. The molecule has 0 unspecified atom stereocenters. The topological polar surface area (TPSA) is 51.2 Å². The van der Waals surface area contributed by atoms with Crippen LogP contribution in [-0.2, 0) is 9.84 Å². The maximum atomic E-state index is 12.1. The molecule has 0 bridgehead atoms. The Morgan fingerprint density at radius 1 is 0.952 bits per heavy atom. The highest BCUT2D eigenvalue weighted by atomic mass is 35.5. The van der Waals surface area contributed by atoms with Gasteiger partial charge in [-0.25, -0.2) is 8.42 Å². The van der Waals surface area contributed by atoms with Gasteiger partial charge in [0.25, 0.3) is 0 Å². The predicted molar refractivity (Wildman–Crippen MR) is 83.5 cm³/mol. The van der Waals surface area contributed by atoms with E-state index in [0.717, 1.165) is 0 Å². The molecule has 0 saturated heterocycles. The first kappa shape index (κ1) is 15.7. The molecule has 0 fully saturated rings. The second-order valence-corrected chi connectivity index (χ2v) is 7.21. The average Bonchev–Trinajstić information content (AvgIpc) is 2.48. The summed E-state index contributed by atoms with van der Waals surface area (Å²) in [6.07, 6.45) is 0.523. The maximum Gasteiger partial charge on any atom is 0.178 e. The number of Topliss-reactive ketones (excluding diaryl/α,β-unsaturated/α-hetero) is 1. The molecule has 0 heterocycles. The molecule has 0 aromatic heterocycles. The molecule has 0 aliphatic carbocycles. The Bertz CT molecular complexity index is 707. The standard InChI is InChI=1S/C16H15ClO3S/c17-14-8-10-15(11-9-14)21(19,20)12-4-7-16(18)13-5-2-1-3-6-13/h1-3,5-6,8-11H,4,7,12H2. The van der Waals surface area contributed by atoms with Crippen molar-refractivity contribution in [3.63, 3.8) is 0 Å². The van der Waals surface area contributed by atoms with Gasteiger partial charge in [-0.1, -0.05) is 41.9 Å². The first-order valence-corrected chi connectivity index (χ1v) is 8.59. The van der Waals surface area contributed by atoms with Crippen LogP contribution in [0.3, 0.4) is 0 Å². The van der Waals surface area contributed by atoms with E-state index in [2.05, 4.69) is 0 Å². The molecule has 0 saturated carbocycles. The third-order valence-electron chi connectivity index (χ3n) is 3.09. The molecule has 3 nitrogen and oxygen atoms in total. The van der Waals surface area contributed by atoms with Gasteiger partial charge in [-0.05, 0) is 30.7 Å². The summed E-state index contributed by atoms with van der Waals surface area (Å²) in [5.74, 6) is -0.0883. The van der Waals surface area contributed by atoms with Gasteiger partial charge < -0.3 is 0 Å². The van der Waals surface area contributed by atoms with Gasteiger partial charge in [0.05, 0.1) is 10.6 Å². The van der Waals surface area contributed by atoms with Gasteiger partial charge in [0.2, 0.25) is 0 Å². The first-order chi connectivity index (χ1) is 9.99. The monoisotopic (exact) mass is 322 g/mol. The number of hydrogen-bond acceptors (Lipinski definition) is 3. The molecule has 5 heteroatoms. The van der Waals surface area contributed by atoms with Crippen molar-refractivity contribution in [2.75, 3.05) is 5.75 Å². The molecule has 0 N–H and O–H groups in total. The van der Waals surface area contributed by atoms with E-state index in [1.807, 2.05) is 6.07 Å². The summed E-state index contributed by atoms with van der Waals surface area (Å²) in [4.78, 5) is 12.1. The van der Waals surface area contributed by atoms with Crippen LogP contribution in [-0.4, -0.2) is 20.0 Å². The van der Waals surface area contributed by atoms with Gasteiger partial charge in [-0.15, -0.1) is 0 Å². The van der Waals surface area contributed by atoms with E-state index in [1.54, 1.807) is 36.4 Å². The fourth-order valence-electron chi connectivity index (χ4n) is 1.95. The Hall–Kier alpha value is -1.65. The molecule has 2 aromatic carbocycles. The van der Waals surface area contributed by atoms with Crippen molar-refractivity contribution in [1.82, 2.24) is 0 Å². The van der Waals surface area contributed by atoms with Crippen LogP contribution in [0.4, 0.5) is 0 Å². The van der Waals surface area contributed by atoms with Crippen molar-refractivity contribution in [3.8, 4) is 0 Å². The Morgan fingerprint density at radius 3 is 2.19 bits per heavy atom. The third kappa shape index (κ3) is 4.41. The number of hydrogen-bond donors (Lipinski definition) is 0. The third-order valence-corrected chi connectivity index (χ3v) is 5.15. The molecule has 21 heavy (non-hydrogen) atoms. The summed E-state index contributed by atoms with van der Waals surface area (Å²) in [7, 11) is -3.37. The largest absolute Gasteiger partial charge is 0.294 e. The molecule has 0 aliphatic rings. The summed E-state index contributed by atoms with van der Waals surface area (Å²) in [6.45, 7) is 0. The van der Waals surface area contributed by atoms with Crippen LogP contribution in [0.25, 0.3) is 0 Å². The number of ketones is 1. The second kappa shape index (κ2) is 6.87. The van der Waals surface area contributed by atoms with Crippen LogP contribution in [0.15, 0.2) is 59.5 Å². The van der Waals surface area contributed by atoms with E-state index in [1.165, 1.54) is 12.1 Å². The van der Waals surface area contributed by atoms with Crippen LogP contribution >= 0.6 is 11.6 Å². The lowest BCUT2D eigenvalue weighted by molar-refractivity contribution is 0.0982. The van der Waals surface area contributed by atoms with Crippen molar-refractivity contribution in [2.45, 2.75) is 17.7 Å². The molecular formula is C16H15ClO3S. The summed E-state index contributed by atoms with van der Waals surface area (Å²) < 4.78 is 24.2. The number of benzene rings is 2. The highest BCUT2D eigenvalue weighted by Gasteiger charge is 2.15. The summed E-state index contributed by atoms with van der Waals surface area (Å²) in [6, 6.07) is 14.9. The van der Waals surface area contributed by atoms with Gasteiger partial charge in [0.15, 0.2) is 15.6 Å². The molecule has 0 spiro atoms. The van der Waals surface area contributed by atoms with Crippen LogP contribution in [0.2, 0.25) is 5.02 Å². The Kier molecular flexibility index (Phi) is 5.15. The first-order valence-electron chi connectivity index (χ1n) is 6.55. The van der Waals surface area contributed by atoms with E-state index in [4.69, 9.17) is 11.6 Å². The fraction of sp³-hybridized carbons (Fsp3) is 0.188. The van der Waals surface area contributed by atoms with Gasteiger partial charge in [0, 0.05) is 17.0 Å². The van der Waals surface area contributed by atoms with Crippen molar-refractivity contribution < 1.29 is 13.2 Å². The molecule has 0 radical (unpaired) electrons. The highest BCUT2D eigenvalue weighted by molar-refractivity contribution is 7.91. The number of rotatable bonds is 6. The quantitative estimate of drug-likeness (QED) is 0.760.